The predicted octanol–water partition coefficient (Wildman–Crippen LogP) is 1.75. The first kappa shape index (κ1) is 16.0. The Bertz CT molecular complexity index is 846. The fourth-order valence-electron chi connectivity index (χ4n) is 2.66. The maximum Gasteiger partial charge on any atom is 0.256 e. The van der Waals surface area contributed by atoms with Gasteiger partial charge in [0.05, 0.1) is 28.5 Å². The van der Waals surface area contributed by atoms with Crippen molar-refractivity contribution in [3.05, 3.63) is 46.7 Å². The van der Waals surface area contributed by atoms with Gasteiger partial charge < -0.3 is 5.32 Å². The number of nitrogens with zero attached hydrogens (tertiary/aromatic N) is 2. The maximum absolute atomic E-state index is 12.5. The summed E-state index contributed by atoms with van der Waals surface area (Å²) in [6.07, 6.45) is 0.428. The number of benzene rings is 1. The van der Waals surface area contributed by atoms with Gasteiger partial charge in [-0.25, -0.2) is 13.1 Å². The van der Waals surface area contributed by atoms with Crippen LogP contribution in [0.15, 0.2) is 30.3 Å². The molecule has 1 aromatic heterocycles. The maximum atomic E-state index is 12.5. The number of para-hydroxylation sites is 1. The van der Waals surface area contributed by atoms with Crippen molar-refractivity contribution in [1.29, 1.82) is 0 Å². The van der Waals surface area contributed by atoms with Crippen LogP contribution in [-0.4, -0.2) is 41.7 Å². The molecule has 0 saturated carbocycles. The zero-order chi connectivity index (χ0) is 16.6. The highest BCUT2D eigenvalue weighted by Crippen LogP contribution is 2.24. The topological polar surface area (TPSA) is 81.1 Å². The monoisotopic (exact) mass is 353 g/mol. The summed E-state index contributed by atoms with van der Waals surface area (Å²) in [5, 5.41) is 7.27. The van der Waals surface area contributed by atoms with Crippen molar-refractivity contribution in [3.63, 3.8) is 0 Å². The molecule has 0 radical (unpaired) electrons. The lowest BCUT2D eigenvalue weighted by molar-refractivity contribution is 0.0940. The van der Waals surface area contributed by atoms with Gasteiger partial charge in [0.15, 0.2) is 9.84 Å². The van der Waals surface area contributed by atoms with Gasteiger partial charge >= 0.3 is 0 Å². The van der Waals surface area contributed by atoms with Crippen LogP contribution in [0.1, 0.15) is 22.5 Å². The third kappa shape index (κ3) is 3.25. The number of nitrogens with one attached hydrogen (secondary N) is 1. The van der Waals surface area contributed by atoms with E-state index in [4.69, 9.17) is 11.6 Å². The lowest BCUT2D eigenvalue weighted by atomic mass is 10.2. The molecule has 2 heterocycles. The average Bonchev–Trinajstić information content (AvgIpc) is 2.99. The molecule has 0 spiro atoms. The molecule has 0 unspecified atom stereocenters. The van der Waals surface area contributed by atoms with Crippen molar-refractivity contribution in [2.45, 2.75) is 19.4 Å². The largest absolute Gasteiger partial charge is 0.348 e. The Hall–Kier alpha value is -1.86. The summed E-state index contributed by atoms with van der Waals surface area (Å²) >= 11 is 6.32. The molecule has 1 aliphatic heterocycles. The minimum atomic E-state index is -3.05. The molecule has 0 aliphatic carbocycles. The minimum Gasteiger partial charge on any atom is -0.348 e. The molecule has 2 aromatic rings. The molecule has 1 fully saturated rings. The standard InChI is InChI=1S/C15H16ClN3O3S/c1-10-13(15(20)17-11-7-8-23(21,22)9-11)14(16)19(18-10)12-5-3-2-4-6-12/h2-6,11H,7-9H2,1H3,(H,17,20)/t11-/m0/s1. The van der Waals surface area contributed by atoms with Crippen LogP contribution in [0.4, 0.5) is 0 Å². The van der Waals surface area contributed by atoms with Crippen LogP contribution in [0.2, 0.25) is 5.15 Å². The summed E-state index contributed by atoms with van der Waals surface area (Å²) in [6.45, 7) is 1.70. The van der Waals surface area contributed by atoms with E-state index in [0.29, 0.717) is 12.1 Å². The van der Waals surface area contributed by atoms with Crippen LogP contribution in [0.3, 0.4) is 0 Å². The molecule has 1 amide bonds. The van der Waals surface area contributed by atoms with Gasteiger partial charge in [0, 0.05) is 6.04 Å². The lowest BCUT2D eigenvalue weighted by Gasteiger charge is -2.10. The molecule has 8 heteroatoms. The van der Waals surface area contributed by atoms with Gasteiger partial charge in [0.25, 0.3) is 5.91 Å². The zero-order valence-corrected chi connectivity index (χ0v) is 14.1. The van der Waals surface area contributed by atoms with E-state index < -0.39 is 15.7 Å². The summed E-state index contributed by atoms with van der Waals surface area (Å²) in [7, 11) is -3.05. The SMILES string of the molecule is Cc1nn(-c2ccccc2)c(Cl)c1C(=O)N[C@H]1CCS(=O)(=O)C1. The lowest BCUT2D eigenvalue weighted by Crippen LogP contribution is -2.35. The van der Waals surface area contributed by atoms with E-state index in [-0.39, 0.29) is 28.3 Å². The van der Waals surface area contributed by atoms with Crippen molar-refractivity contribution in [2.24, 2.45) is 0 Å². The molecular weight excluding hydrogens is 338 g/mol. The molecule has 23 heavy (non-hydrogen) atoms. The van der Waals surface area contributed by atoms with Gasteiger partial charge in [-0.1, -0.05) is 29.8 Å². The Morgan fingerprint density at radius 2 is 2.04 bits per heavy atom. The minimum absolute atomic E-state index is 0.0256. The Kier molecular flexibility index (Phi) is 4.16. The first-order valence-corrected chi connectivity index (χ1v) is 9.39. The Morgan fingerprint density at radius 1 is 1.35 bits per heavy atom. The molecule has 6 nitrogen and oxygen atoms in total. The Balaban J connectivity index is 1.86. The third-order valence-corrected chi connectivity index (χ3v) is 5.92. The second kappa shape index (κ2) is 5.98. The van der Waals surface area contributed by atoms with Crippen LogP contribution in [0, 0.1) is 6.92 Å². The van der Waals surface area contributed by atoms with E-state index in [1.165, 1.54) is 4.68 Å². The number of carbonyl (C=O) groups is 1. The normalized spacial score (nSPS) is 19.7. The van der Waals surface area contributed by atoms with Crippen LogP contribution in [0.25, 0.3) is 5.69 Å². The van der Waals surface area contributed by atoms with E-state index in [9.17, 15) is 13.2 Å². The number of rotatable bonds is 3. The van der Waals surface area contributed by atoms with Crippen molar-refractivity contribution >= 4 is 27.3 Å². The van der Waals surface area contributed by atoms with E-state index in [1.54, 1.807) is 6.92 Å². The van der Waals surface area contributed by atoms with E-state index in [0.717, 1.165) is 5.69 Å². The number of sulfone groups is 1. The fourth-order valence-corrected chi connectivity index (χ4v) is 4.70. The van der Waals surface area contributed by atoms with E-state index in [1.807, 2.05) is 30.3 Å². The summed E-state index contributed by atoms with van der Waals surface area (Å²) in [4.78, 5) is 12.5. The Labute approximate surface area is 139 Å². The molecule has 1 saturated heterocycles. The van der Waals surface area contributed by atoms with Crippen LogP contribution >= 0.6 is 11.6 Å². The van der Waals surface area contributed by atoms with E-state index in [2.05, 4.69) is 10.4 Å². The van der Waals surface area contributed by atoms with Gasteiger partial charge in [-0.3, -0.25) is 4.79 Å². The van der Waals surface area contributed by atoms with Crippen molar-refractivity contribution in [2.75, 3.05) is 11.5 Å². The van der Waals surface area contributed by atoms with Gasteiger partial charge in [0.2, 0.25) is 0 Å². The number of amides is 1. The summed E-state index contributed by atoms with van der Waals surface area (Å²) in [5.41, 5.74) is 1.53. The Morgan fingerprint density at radius 3 is 2.65 bits per heavy atom. The smallest absolute Gasteiger partial charge is 0.256 e. The highest BCUT2D eigenvalue weighted by Gasteiger charge is 2.31. The number of halogens is 1. The van der Waals surface area contributed by atoms with Gasteiger partial charge in [-0.05, 0) is 25.5 Å². The quantitative estimate of drug-likeness (QED) is 0.911. The molecule has 0 bridgehead atoms. The summed E-state index contributed by atoms with van der Waals surface area (Å²) in [5.74, 6) is -0.312. The highest BCUT2D eigenvalue weighted by molar-refractivity contribution is 7.91. The molecule has 1 aromatic carbocycles. The molecule has 3 rings (SSSR count). The highest BCUT2D eigenvalue weighted by atomic mass is 35.5. The number of hydrogen-bond acceptors (Lipinski definition) is 4. The van der Waals surface area contributed by atoms with Crippen molar-refractivity contribution in [1.82, 2.24) is 15.1 Å². The van der Waals surface area contributed by atoms with Gasteiger partial charge in [-0.2, -0.15) is 5.10 Å². The van der Waals surface area contributed by atoms with Crippen LogP contribution < -0.4 is 5.32 Å². The van der Waals surface area contributed by atoms with E-state index >= 15 is 0 Å². The number of aryl methyl sites for hydroxylation is 1. The predicted molar refractivity (Wildman–Crippen MR) is 87.8 cm³/mol. The molecule has 1 N–H and O–H groups in total. The second-order valence-corrected chi connectivity index (χ2v) is 8.16. The summed E-state index contributed by atoms with van der Waals surface area (Å²) < 4.78 is 24.5. The number of hydrogen-bond donors (Lipinski definition) is 1. The van der Waals surface area contributed by atoms with Crippen LogP contribution in [0.5, 0.6) is 0 Å². The second-order valence-electron chi connectivity index (χ2n) is 5.57. The first-order chi connectivity index (χ1) is 10.9. The van der Waals surface area contributed by atoms with Crippen molar-refractivity contribution in [3.8, 4) is 5.69 Å². The third-order valence-electron chi connectivity index (χ3n) is 3.80. The first-order valence-electron chi connectivity index (χ1n) is 7.19. The van der Waals surface area contributed by atoms with Crippen LogP contribution in [-0.2, 0) is 9.84 Å². The van der Waals surface area contributed by atoms with Gasteiger partial charge in [-0.15, -0.1) is 0 Å². The van der Waals surface area contributed by atoms with Gasteiger partial charge in [0.1, 0.15) is 5.15 Å². The van der Waals surface area contributed by atoms with Crippen molar-refractivity contribution < 1.29 is 13.2 Å². The number of aromatic nitrogens is 2. The molecule has 1 aliphatic rings. The zero-order valence-electron chi connectivity index (χ0n) is 12.5. The molecule has 1 atom stereocenters. The summed E-state index contributed by atoms with van der Waals surface area (Å²) in [6, 6.07) is 8.88. The fraction of sp³-hybridized carbons (Fsp3) is 0.333. The average molecular weight is 354 g/mol. The number of carbonyl (C=O) groups excluding carboxylic acids is 1. The molecule has 122 valence electrons. The molecular formula is C15H16ClN3O3S.